The second-order valence-corrected chi connectivity index (χ2v) is 6.34. The summed E-state index contributed by atoms with van der Waals surface area (Å²) in [5.41, 5.74) is 2.03. The molecule has 0 heterocycles. The average molecular weight is 324 g/mol. The van der Waals surface area contributed by atoms with Crippen molar-refractivity contribution < 1.29 is 14.3 Å². The van der Waals surface area contributed by atoms with Crippen molar-refractivity contribution in [1.82, 2.24) is 0 Å². The Labute approximate surface area is 143 Å². The highest BCUT2D eigenvalue weighted by atomic mass is 16.5. The van der Waals surface area contributed by atoms with Gasteiger partial charge in [0.2, 0.25) is 0 Å². The molecule has 24 heavy (non-hydrogen) atoms. The normalized spacial score (nSPS) is 15.0. The number of carbonyl (C=O) groups is 1. The molecule has 1 fully saturated rings. The average Bonchev–Trinajstić information content (AvgIpc) is 2.67. The first-order valence-corrected chi connectivity index (χ1v) is 8.66. The summed E-state index contributed by atoms with van der Waals surface area (Å²) in [6.07, 6.45) is 6.61. The lowest BCUT2D eigenvalue weighted by Crippen LogP contribution is -2.11. The van der Waals surface area contributed by atoms with Gasteiger partial charge in [0, 0.05) is 5.56 Å². The van der Waals surface area contributed by atoms with E-state index in [1.807, 2.05) is 12.1 Å². The highest BCUT2D eigenvalue weighted by Crippen LogP contribution is 2.33. The van der Waals surface area contributed by atoms with Crippen molar-refractivity contribution in [3.63, 3.8) is 0 Å². The van der Waals surface area contributed by atoms with Crippen molar-refractivity contribution in [2.75, 3.05) is 13.7 Å². The van der Waals surface area contributed by atoms with E-state index in [9.17, 15) is 4.79 Å². The molecule has 3 rings (SSSR count). The molecule has 0 bridgehead atoms. The number of hydrogen-bond donors (Lipinski definition) is 0. The molecule has 1 aliphatic carbocycles. The molecule has 3 heteroatoms. The van der Waals surface area contributed by atoms with E-state index in [0.717, 1.165) is 11.5 Å². The Morgan fingerprint density at radius 1 is 0.917 bits per heavy atom. The van der Waals surface area contributed by atoms with E-state index >= 15 is 0 Å². The quantitative estimate of drug-likeness (QED) is 0.701. The molecule has 1 aliphatic rings. The molecular weight excluding hydrogens is 300 g/mol. The van der Waals surface area contributed by atoms with E-state index in [-0.39, 0.29) is 12.4 Å². The summed E-state index contributed by atoms with van der Waals surface area (Å²) in [4.78, 5) is 12.2. The van der Waals surface area contributed by atoms with Crippen LogP contribution in [-0.4, -0.2) is 19.5 Å². The minimum atomic E-state index is -0.0333. The van der Waals surface area contributed by atoms with Crippen LogP contribution < -0.4 is 9.47 Å². The number of carbonyl (C=O) groups excluding carboxylic acids is 1. The van der Waals surface area contributed by atoms with Gasteiger partial charge in [0.25, 0.3) is 0 Å². The lowest BCUT2D eigenvalue weighted by atomic mass is 9.84. The zero-order valence-electron chi connectivity index (χ0n) is 14.2. The van der Waals surface area contributed by atoms with Crippen LogP contribution in [-0.2, 0) is 0 Å². The van der Waals surface area contributed by atoms with Crippen LogP contribution in [0.2, 0.25) is 0 Å². The van der Waals surface area contributed by atoms with Crippen molar-refractivity contribution in [2.45, 2.75) is 38.0 Å². The molecular formula is C21H24O3. The molecule has 0 aliphatic heterocycles. The van der Waals surface area contributed by atoms with E-state index in [1.165, 1.54) is 37.7 Å². The van der Waals surface area contributed by atoms with Crippen LogP contribution in [0.4, 0.5) is 0 Å². The smallest absolute Gasteiger partial charge is 0.200 e. The second-order valence-electron chi connectivity index (χ2n) is 6.34. The molecule has 0 aromatic heterocycles. The first-order valence-electron chi connectivity index (χ1n) is 8.66. The second kappa shape index (κ2) is 8.00. The molecule has 3 nitrogen and oxygen atoms in total. The van der Waals surface area contributed by atoms with E-state index in [1.54, 1.807) is 31.4 Å². The standard InChI is InChI=1S/C21H24O3/c1-23-19-11-9-18(10-12-19)21(22)15-24-20-13-7-17(8-14-20)16-5-3-2-4-6-16/h7-14,16H,2-6,15H2,1H3. The van der Waals surface area contributed by atoms with Crippen LogP contribution in [0.5, 0.6) is 11.5 Å². The van der Waals surface area contributed by atoms with Gasteiger partial charge in [-0.1, -0.05) is 31.4 Å². The van der Waals surface area contributed by atoms with Crippen molar-refractivity contribution in [3.05, 3.63) is 59.7 Å². The number of ether oxygens (including phenoxy) is 2. The summed E-state index contributed by atoms with van der Waals surface area (Å²) in [7, 11) is 1.61. The SMILES string of the molecule is COc1ccc(C(=O)COc2ccc(C3CCCCC3)cc2)cc1. The maximum Gasteiger partial charge on any atom is 0.200 e. The molecule has 0 spiro atoms. The van der Waals surface area contributed by atoms with Gasteiger partial charge >= 0.3 is 0 Å². The number of methoxy groups -OCH3 is 1. The Hall–Kier alpha value is -2.29. The number of Topliss-reactive ketones (excluding diaryl/α,β-unsaturated/α-hetero) is 1. The van der Waals surface area contributed by atoms with Crippen LogP contribution in [0.25, 0.3) is 0 Å². The largest absolute Gasteiger partial charge is 0.497 e. The monoisotopic (exact) mass is 324 g/mol. The number of ketones is 1. The topological polar surface area (TPSA) is 35.5 Å². The highest BCUT2D eigenvalue weighted by Gasteiger charge is 2.15. The van der Waals surface area contributed by atoms with Crippen molar-refractivity contribution in [2.24, 2.45) is 0 Å². The van der Waals surface area contributed by atoms with E-state index < -0.39 is 0 Å². The fourth-order valence-corrected chi connectivity index (χ4v) is 3.28. The minimum absolute atomic E-state index is 0.0333. The Morgan fingerprint density at radius 2 is 1.54 bits per heavy atom. The number of rotatable bonds is 6. The summed E-state index contributed by atoms with van der Waals surface area (Å²) in [6.45, 7) is 0.0507. The lowest BCUT2D eigenvalue weighted by molar-refractivity contribution is 0.0921. The Kier molecular flexibility index (Phi) is 5.52. The van der Waals surface area contributed by atoms with Gasteiger partial charge < -0.3 is 9.47 Å². The molecule has 126 valence electrons. The zero-order chi connectivity index (χ0) is 16.8. The summed E-state index contributed by atoms with van der Waals surface area (Å²) in [6, 6.07) is 15.3. The van der Waals surface area contributed by atoms with Gasteiger partial charge in [-0.3, -0.25) is 4.79 Å². The van der Waals surface area contributed by atoms with Gasteiger partial charge in [0.05, 0.1) is 7.11 Å². The van der Waals surface area contributed by atoms with Gasteiger partial charge in [-0.05, 0) is 60.7 Å². The number of hydrogen-bond acceptors (Lipinski definition) is 3. The predicted molar refractivity (Wildman–Crippen MR) is 95.1 cm³/mol. The Balaban J connectivity index is 1.54. The summed E-state index contributed by atoms with van der Waals surface area (Å²) in [5.74, 6) is 2.14. The lowest BCUT2D eigenvalue weighted by Gasteiger charge is -2.22. The Bertz CT molecular complexity index is 652. The predicted octanol–water partition coefficient (Wildman–Crippen LogP) is 5.00. The van der Waals surface area contributed by atoms with Crippen molar-refractivity contribution >= 4 is 5.78 Å². The molecule has 2 aromatic carbocycles. The Morgan fingerprint density at radius 3 is 2.17 bits per heavy atom. The molecule has 2 aromatic rings. The molecule has 0 unspecified atom stereocenters. The first-order chi connectivity index (χ1) is 11.8. The van der Waals surface area contributed by atoms with Gasteiger partial charge in [0.15, 0.2) is 12.4 Å². The third kappa shape index (κ3) is 4.16. The van der Waals surface area contributed by atoms with Gasteiger partial charge in [-0.15, -0.1) is 0 Å². The maximum atomic E-state index is 12.2. The summed E-state index contributed by atoms with van der Waals surface area (Å²) < 4.78 is 10.7. The molecule has 0 N–H and O–H groups in total. The third-order valence-corrected chi connectivity index (χ3v) is 4.74. The van der Waals surface area contributed by atoms with Crippen LogP contribution in [0, 0.1) is 0 Å². The van der Waals surface area contributed by atoms with Crippen LogP contribution in [0.3, 0.4) is 0 Å². The fraction of sp³-hybridized carbons (Fsp3) is 0.381. The minimum Gasteiger partial charge on any atom is -0.497 e. The molecule has 0 saturated heterocycles. The summed E-state index contributed by atoms with van der Waals surface area (Å²) in [5, 5.41) is 0. The molecule has 0 radical (unpaired) electrons. The molecule has 1 saturated carbocycles. The van der Waals surface area contributed by atoms with E-state index in [4.69, 9.17) is 9.47 Å². The maximum absolute atomic E-state index is 12.2. The number of benzene rings is 2. The van der Waals surface area contributed by atoms with Crippen molar-refractivity contribution in [1.29, 1.82) is 0 Å². The van der Waals surface area contributed by atoms with E-state index in [0.29, 0.717) is 11.5 Å². The molecule has 0 amide bonds. The van der Waals surface area contributed by atoms with E-state index in [2.05, 4.69) is 12.1 Å². The highest BCUT2D eigenvalue weighted by molar-refractivity contribution is 5.97. The third-order valence-electron chi connectivity index (χ3n) is 4.74. The van der Waals surface area contributed by atoms with Crippen LogP contribution in [0.15, 0.2) is 48.5 Å². The first kappa shape index (κ1) is 16.6. The van der Waals surface area contributed by atoms with Crippen LogP contribution in [0.1, 0.15) is 53.9 Å². The summed E-state index contributed by atoms with van der Waals surface area (Å²) >= 11 is 0. The van der Waals surface area contributed by atoms with Gasteiger partial charge in [0.1, 0.15) is 11.5 Å². The fourth-order valence-electron chi connectivity index (χ4n) is 3.28. The van der Waals surface area contributed by atoms with Gasteiger partial charge in [-0.25, -0.2) is 0 Å². The van der Waals surface area contributed by atoms with Crippen LogP contribution >= 0.6 is 0 Å². The zero-order valence-corrected chi connectivity index (χ0v) is 14.2. The molecule has 0 atom stereocenters. The van der Waals surface area contributed by atoms with Crippen molar-refractivity contribution in [3.8, 4) is 11.5 Å². The van der Waals surface area contributed by atoms with Gasteiger partial charge in [-0.2, -0.15) is 0 Å².